The Morgan fingerprint density at radius 2 is 1.21 bits per heavy atom. The molecule has 2 heteroatoms. The third-order valence-electron chi connectivity index (χ3n) is 2.26. The number of hydrogen-bond acceptors (Lipinski definition) is 0. The molecule has 76 valence electrons. The van der Waals surface area contributed by atoms with E-state index >= 15 is 0 Å². The summed E-state index contributed by atoms with van der Waals surface area (Å²) in [5.74, 6) is 0. The molecule has 0 aromatic rings. The first-order valence-electron chi connectivity index (χ1n) is 4.36. The molecule has 0 amide bonds. The average molecular weight is 223 g/mol. The molecule has 0 spiro atoms. The molecule has 0 aliphatic heterocycles. The molecule has 0 aromatic carbocycles. The molecule has 0 bridgehead atoms. The van der Waals surface area contributed by atoms with Crippen LogP contribution in [-0.4, -0.2) is 23.1 Å². The zero-order valence-corrected chi connectivity index (χ0v) is 11.1. The summed E-state index contributed by atoms with van der Waals surface area (Å²) in [6.45, 7) is 15.3. The van der Waals surface area contributed by atoms with Gasteiger partial charge in [0.25, 0.3) is 0 Å². The van der Waals surface area contributed by atoms with Crippen LogP contribution in [0.15, 0.2) is 38.0 Å². The van der Waals surface area contributed by atoms with E-state index in [0.717, 1.165) is 25.7 Å². The van der Waals surface area contributed by atoms with Crippen molar-refractivity contribution in [3.05, 3.63) is 44.9 Å². The summed E-state index contributed by atoms with van der Waals surface area (Å²) in [5, 5.41) is 0. The van der Waals surface area contributed by atoms with Crippen molar-refractivity contribution in [1.82, 2.24) is 0 Å². The smallest absolute Gasteiger partial charge is 1.00 e. The van der Waals surface area contributed by atoms with Gasteiger partial charge in [-0.2, -0.15) is 6.42 Å². The monoisotopic (exact) mass is 222 g/mol. The molecule has 0 fully saturated rings. The van der Waals surface area contributed by atoms with Crippen LogP contribution in [0.5, 0.6) is 0 Å². The Morgan fingerprint density at radius 1 is 0.929 bits per heavy atom. The van der Waals surface area contributed by atoms with E-state index in [-0.39, 0.29) is 40.9 Å². The maximum Gasteiger partial charge on any atom is 2.00 e. The third-order valence-corrected chi connectivity index (χ3v) is 2.26. The molecular formula is C12H19ClMg. The molecule has 0 radical (unpaired) electrons. The number of allylic oxidation sites excluding steroid dienone is 3. The van der Waals surface area contributed by atoms with Crippen molar-refractivity contribution < 1.29 is 12.4 Å². The first kappa shape index (κ1) is 19.8. The van der Waals surface area contributed by atoms with Crippen LogP contribution in [0.25, 0.3) is 0 Å². The van der Waals surface area contributed by atoms with Crippen molar-refractivity contribution in [3.8, 4) is 0 Å². The van der Waals surface area contributed by atoms with Crippen LogP contribution in [-0.2, 0) is 0 Å². The van der Waals surface area contributed by atoms with Gasteiger partial charge in [0.1, 0.15) is 0 Å². The fourth-order valence-corrected chi connectivity index (χ4v) is 1.47. The van der Waals surface area contributed by atoms with E-state index in [4.69, 9.17) is 0 Å². The minimum Gasteiger partial charge on any atom is -1.00 e. The van der Waals surface area contributed by atoms with Crippen LogP contribution in [0.1, 0.15) is 25.7 Å². The first-order chi connectivity index (χ1) is 5.74. The average Bonchev–Trinajstić information content (AvgIpc) is 2.06. The molecule has 0 nitrogen and oxygen atoms in total. The minimum absolute atomic E-state index is 0. The van der Waals surface area contributed by atoms with E-state index in [9.17, 15) is 0 Å². The fourth-order valence-electron chi connectivity index (χ4n) is 1.47. The van der Waals surface area contributed by atoms with Crippen LogP contribution in [0, 0.1) is 12.3 Å². The van der Waals surface area contributed by atoms with Crippen molar-refractivity contribution in [2.75, 3.05) is 0 Å². The molecule has 0 rings (SSSR count). The van der Waals surface area contributed by atoms with Crippen LogP contribution in [0.4, 0.5) is 0 Å². The van der Waals surface area contributed by atoms with Gasteiger partial charge in [0.05, 0.1) is 0 Å². The maximum atomic E-state index is 3.97. The molecule has 0 unspecified atom stereocenters. The Bertz CT molecular complexity index is 137. The van der Waals surface area contributed by atoms with Crippen LogP contribution in [0.3, 0.4) is 0 Å². The second-order valence-electron chi connectivity index (χ2n) is 3.23. The topological polar surface area (TPSA) is 0 Å². The van der Waals surface area contributed by atoms with E-state index in [0.29, 0.717) is 0 Å². The number of hydrogen-bond donors (Lipinski definition) is 0. The predicted molar refractivity (Wildman–Crippen MR) is 62.6 cm³/mol. The normalized spacial score (nSPS) is 9.21. The second-order valence-corrected chi connectivity index (χ2v) is 3.23. The van der Waals surface area contributed by atoms with Gasteiger partial charge >= 0.3 is 23.1 Å². The van der Waals surface area contributed by atoms with E-state index < -0.39 is 0 Å². The van der Waals surface area contributed by atoms with E-state index in [2.05, 4.69) is 26.7 Å². The molecule has 0 saturated carbocycles. The summed E-state index contributed by atoms with van der Waals surface area (Å²) in [6.07, 6.45) is 9.77. The molecule has 0 aliphatic rings. The molecule has 0 aromatic heterocycles. The van der Waals surface area contributed by atoms with Crippen molar-refractivity contribution in [3.63, 3.8) is 0 Å². The largest absolute Gasteiger partial charge is 2.00 e. The molecule has 0 atom stereocenters. The predicted octanol–water partition coefficient (Wildman–Crippen LogP) is 0.548. The van der Waals surface area contributed by atoms with Crippen molar-refractivity contribution >= 4 is 23.1 Å². The summed E-state index contributed by atoms with van der Waals surface area (Å²) in [6, 6.07) is 0. The van der Waals surface area contributed by atoms with E-state index in [1.54, 1.807) is 0 Å². The molecule has 0 saturated heterocycles. The third kappa shape index (κ3) is 6.69. The Hall–Kier alpha value is 0.276. The second kappa shape index (κ2) is 11.4. The molecule has 14 heavy (non-hydrogen) atoms. The van der Waals surface area contributed by atoms with E-state index in [1.165, 1.54) is 0 Å². The van der Waals surface area contributed by atoms with Gasteiger partial charge < -0.3 is 19.3 Å². The fraction of sp³-hybridized carbons (Fsp3) is 0.417. The number of halogens is 1. The van der Waals surface area contributed by atoms with Crippen LogP contribution in [0.2, 0.25) is 0 Å². The molecular weight excluding hydrogens is 204 g/mol. The Balaban J connectivity index is -0.000000605. The summed E-state index contributed by atoms with van der Waals surface area (Å²) < 4.78 is 0. The molecule has 0 aliphatic carbocycles. The van der Waals surface area contributed by atoms with Gasteiger partial charge in [-0.05, 0) is 24.7 Å². The Morgan fingerprint density at radius 3 is 1.36 bits per heavy atom. The van der Waals surface area contributed by atoms with Crippen LogP contribution >= 0.6 is 0 Å². The first-order valence-corrected chi connectivity index (χ1v) is 4.36. The van der Waals surface area contributed by atoms with Gasteiger partial charge in [-0.1, -0.05) is 18.2 Å². The van der Waals surface area contributed by atoms with E-state index in [1.807, 2.05) is 18.2 Å². The summed E-state index contributed by atoms with van der Waals surface area (Å²) in [7, 11) is 0. The molecule has 0 heterocycles. The van der Waals surface area contributed by atoms with Crippen molar-refractivity contribution in [2.24, 2.45) is 5.41 Å². The van der Waals surface area contributed by atoms with Crippen LogP contribution < -0.4 is 12.4 Å². The zero-order valence-electron chi connectivity index (χ0n) is 8.97. The van der Waals surface area contributed by atoms with Crippen molar-refractivity contribution in [2.45, 2.75) is 25.7 Å². The van der Waals surface area contributed by atoms with Gasteiger partial charge in [0.2, 0.25) is 0 Å². The summed E-state index contributed by atoms with van der Waals surface area (Å²) in [5.41, 5.74) is 0.227. The summed E-state index contributed by atoms with van der Waals surface area (Å²) >= 11 is 0. The van der Waals surface area contributed by atoms with Gasteiger partial charge in [-0.3, -0.25) is 0 Å². The van der Waals surface area contributed by atoms with Gasteiger partial charge in [-0.15, -0.1) is 19.7 Å². The standard InChI is InChI=1S/C12H19.ClH.Mg/c1-5-9-12(8-4,10-6-2)11-7-3;;/h5-7H,1-4,8-11H2;1H;/q-1;;+2/p-1. The maximum absolute atomic E-state index is 3.97. The quantitative estimate of drug-likeness (QED) is 0.336. The van der Waals surface area contributed by atoms with Crippen molar-refractivity contribution in [1.29, 1.82) is 0 Å². The number of rotatable bonds is 7. The van der Waals surface area contributed by atoms with Gasteiger partial charge in [0.15, 0.2) is 0 Å². The minimum atomic E-state index is 0. The van der Waals surface area contributed by atoms with Gasteiger partial charge in [0, 0.05) is 0 Å². The Labute approximate surface area is 111 Å². The summed E-state index contributed by atoms with van der Waals surface area (Å²) in [4.78, 5) is 0. The van der Waals surface area contributed by atoms with Gasteiger partial charge in [-0.25, -0.2) is 0 Å². The zero-order chi connectivity index (χ0) is 9.45. The SMILES string of the molecule is C=CCC(C[CH2-])(CC=C)CC=C.[Cl-].[Mg+2]. The Kier molecular flexibility index (Phi) is 16.0. The molecule has 0 N–H and O–H groups in total.